The Balaban J connectivity index is 2.03. The van der Waals surface area contributed by atoms with Crippen LogP contribution in [0.15, 0.2) is 34.9 Å². The molecule has 0 amide bonds. The first-order chi connectivity index (χ1) is 8.69. The molecule has 0 aliphatic rings. The molecule has 0 saturated carbocycles. The lowest BCUT2D eigenvalue weighted by atomic mass is 10.1. The molecule has 2 rings (SSSR count). The van der Waals surface area contributed by atoms with Crippen LogP contribution in [0.3, 0.4) is 0 Å². The molecule has 94 valence electrons. The Morgan fingerprint density at radius 2 is 2.11 bits per heavy atom. The normalized spacial score (nSPS) is 10.1. The molecule has 0 radical (unpaired) electrons. The van der Waals surface area contributed by atoms with Crippen molar-refractivity contribution in [2.45, 2.75) is 20.3 Å². The Kier molecular flexibility index (Phi) is 3.94. The van der Waals surface area contributed by atoms with Gasteiger partial charge in [0.1, 0.15) is 5.76 Å². The van der Waals surface area contributed by atoms with E-state index in [0.717, 1.165) is 17.9 Å². The van der Waals surface area contributed by atoms with Crippen molar-refractivity contribution < 1.29 is 4.52 Å². The predicted octanol–water partition coefficient (Wildman–Crippen LogP) is 3.35. The maximum Gasteiger partial charge on any atom is 0.176 e. The van der Waals surface area contributed by atoms with E-state index in [1.165, 1.54) is 5.56 Å². The Labute approximate surface area is 111 Å². The maximum absolute atomic E-state index is 5.23. The largest absolute Gasteiger partial charge is 0.360 e. The van der Waals surface area contributed by atoms with Crippen molar-refractivity contribution in [2.24, 2.45) is 0 Å². The molecule has 4 nitrogen and oxygen atoms in total. The van der Waals surface area contributed by atoms with Crippen LogP contribution in [0.1, 0.15) is 18.2 Å². The van der Waals surface area contributed by atoms with Gasteiger partial charge in [-0.05, 0) is 37.2 Å². The quantitative estimate of drug-likeness (QED) is 0.830. The molecular formula is C13H15N3OS. The molecule has 0 spiro atoms. The van der Waals surface area contributed by atoms with Crippen molar-refractivity contribution in [1.82, 2.24) is 5.16 Å². The lowest BCUT2D eigenvalue weighted by Crippen LogP contribution is -2.20. The van der Waals surface area contributed by atoms with Gasteiger partial charge in [-0.3, -0.25) is 0 Å². The summed E-state index contributed by atoms with van der Waals surface area (Å²) in [5.41, 5.74) is 2.23. The van der Waals surface area contributed by atoms with Crippen LogP contribution in [-0.4, -0.2) is 10.3 Å². The molecule has 5 heteroatoms. The van der Waals surface area contributed by atoms with Gasteiger partial charge in [-0.15, -0.1) is 0 Å². The van der Waals surface area contributed by atoms with Crippen molar-refractivity contribution in [2.75, 3.05) is 10.6 Å². The Morgan fingerprint density at radius 3 is 2.78 bits per heavy atom. The first-order valence-corrected chi connectivity index (χ1v) is 6.19. The van der Waals surface area contributed by atoms with Gasteiger partial charge in [0.25, 0.3) is 0 Å². The minimum Gasteiger partial charge on any atom is -0.360 e. The highest BCUT2D eigenvalue weighted by molar-refractivity contribution is 7.80. The zero-order chi connectivity index (χ0) is 13.0. The molecule has 1 aromatic heterocycles. The van der Waals surface area contributed by atoms with Crippen molar-refractivity contribution in [3.63, 3.8) is 0 Å². The van der Waals surface area contributed by atoms with Gasteiger partial charge in [-0.1, -0.05) is 30.3 Å². The first-order valence-electron chi connectivity index (χ1n) is 5.78. The third-order valence-electron chi connectivity index (χ3n) is 2.52. The molecule has 0 unspecified atom stereocenters. The summed E-state index contributed by atoms with van der Waals surface area (Å²) in [6.45, 7) is 3.94. The summed E-state index contributed by atoms with van der Waals surface area (Å²) in [7, 11) is 0. The van der Waals surface area contributed by atoms with Crippen molar-refractivity contribution >= 4 is 28.8 Å². The number of hydrogen-bond acceptors (Lipinski definition) is 3. The molecule has 0 saturated heterocycles. The number of thiocarbonyl (C=S) groups is 1. The molecule has 0 aliphatic heterocycles. The fraction of sp³-hybridized carbons (Fsp3) is 0.231. The number of benzene rings is 1. The Bertz CT molecular complexity index is 551. The van der Waals surface area contributed by atoms with E-state index in [0.29, 0.717) is 10.9 Å². The molecular weight excluding hydrogens is 246 g/mol. The van der Waals surface area contributed by atoms with Crippen molar-refractivity contribution in [1.29, 1.82) is 0 Å². The van der Waals surface area contributed by atoms with Crippen LogP contribution in [-0.2, 0) is 6.42 Å². The van der Waals surface area contributed by atoms with Crippen molar-refractivity contribution in [3.8, 4) is 0 Å². The lowest BCUT2D eigenvalue weighted by molar-refractivity contribution is 0.400. The monoisotopic (exact) mass is 261 g/mol. The summed E-state index contributed by atoms with van der Waals surface area (Å²) < 4.78 is 4.96. The highest BCUT2D eigenvalue weighted by atomic mass is 32.1. The number of anilines is 2. The van der Waals surface area contributed by atoms with Crippen LogP contribution in [0.2, 0.25) is 0 Å². The van der Waals surface area contributed by atoms with Gasteiger partial charge in [0.2, 0.25) is 0 Å². The van der Waals surface area contributed by atoms with Gasteiger partial charge in [0.05, 0.1) is 0 Å². The number of hydrogen-bond donors (Lipinski definition) is 2. The van der Waals surface area contributed by atoms with E-state index in [1.807, 2.05) is 25.1 Å². The molecule has 2 N–H and O–H groups in total. The molecule has 2 aromatic rings. The number of para-hydroxylation sites is 1. The molecule has 18 heavy (non-hydrogen) atoms. The zero-order valence-corrected chi connectivity index (χ0v) is 11.2. The second kappa shape index (κ2) is 5.64. The standard InChI is InChI=1S/C13H15N3OS/c1-3-10-6-4-5-7-11(10)14-13(18)15-12-8-9(2)17-16-12/h4-8H,3H2,1-2H3,(H2,14,15,16,18). The molecule has 0 aliphatic carbocycles. The van der Waals surface area contributed by atoms with Crippen LogP contribution in [0.25, 0.3) is 0 Å². The number of aromatic nitrogens is 1. The van der Waals surface area contributed by atoms with Crippen LogP contribution < -0.4 is 10.6 Å². The second-order valence-electron chi connectivity index (χ2n) is 3.91. The smallest absolute Gasteiger partial charge is 0.176 e. The molecule has 0 atom stereocenters. The summed E-state index contributed by atoms with van der Waals surface area (Å²) in [6.07, 6.45) is 0.953. The van der Waals surface area contributed by atoms with E-state index in [1.54, 1.807) is 6.07 Å². The van der Waals surface area contributed by atoms with E-state index in [4.69, 9.17) is 16.7 Å². The fourth-order valence-corrected chi connectivity index (χ4v) is 1.86. The minimum absolute atomic E-state index is 0.504. The van der Waals surface area contributed by atoms with Gasteiger partial charge in [-0.25, -0.2) is 0 Å². The summed E-state index contributed by atoms with van der Waals surface area (Å²) >= 11 is 5.23. The van der Waals surface area contributed by atoms with E-state index in [9.17, 15) is 0 Å². The molecule has 1 aromatic carbocycles. The SMILES string of the molecule is CCc1ccccc1NC(=S)Nc1cc(C)on1. The maximum atomic E-state index is 5.23. The predicted molar refractivity (Wildman–Crippen MR) is 76.9 cm³/mol. The summed E-state index contributed by atoms with van der Waals surface area (Å²) in [6, 6.07) is 9.86. The van der Waals surface area contributed by atoms with Gasteiger partial charge >= 0.3 is 0 Å². The summed E-state index contributed by atoms with van der Waals surface area (Å²) in [5, 5.41) is 10.5. The molecule has 0 bridgehead atoms. The van der Waals surface area contributed by atoms with E-state index < -0.39 is 0 Å². The highest BCUT2D eigenvalue weighted by Crippen LogP contribution is 2.16. The zero-order valence-electron chi connectivity index (χ0n) is 10.4. The van der Waals surface area contributed by atoms with Crippen LogP contribution in [0, 0.1) is 6.92 Å². The topological polar surface area (TPSA) is 50.1 Å². The number of aryl methyl sites for hydroxylation is 2. The van der Waals surface area contributed by atoms with Gasteiger partial charge < -0.3 is 15.2 Å². The summed E-state index contributed by atoms with van der Waals surface area (Å²) in [5.74, 6) is 1.35. The van der Waals surface area contributed by atoms with Crippen LogP contribution in [0.5, 0.6) is 0 Å². The fourth-order valence-electron chi connectivity index (χ4n) is 1.65. The summed E-state index contributed by atoms with van der Waals surface area (Å²) in [4.78, 5) is 0. The Morgan fingerprint density at radius 1 is 1.33 bits per heavy atom. The number of nitrogens with zero attached hydrogens (tertiary/aromatic N) is 1. The second-order valence-corrected chi connectivity index (χ2v) is 4.32. The number of rotatable bonds is 3. The van der Waals surface area contributed by atoms with Gasteiger partial charge in [0, 0.05) is 11.8 Å². The van der Waals surface area contributed by atoms with Crippen molar-refractivity contribution in [3.05, 3.63) is 41.7 Å². The van der Waals surface area contributed by atoms with Gasteiger partial charge in [-0.2, -0.15) is 0 Å². The molecule has 0 fully saturated rings. The minimum atomic E-state index is 0.504. The lowest BCUT2D eigenvalue weighted by Gasteiger charge is -2.11. The first kappa shape index (κ1) is 12.6. The average Bonchev–Trinajstić information content (AvgIpc) is 2.75. The van der Waals surface area contributed by atoms with E-state index in [-0.39, 0.29) is 0 Å². The average molecular weight is 261 g/mol. The number of nitrogens with one attached hydrogen (secondary N) is 2. The van der Waals surface area contributed by atoms with E-state index >= 15 is 0 Å². The molecule has 1 heterocycles. The van der Waals surface area contributed by atoms with E-state index in [2.05, 4.69) is 28.8 Å². The van der Waals surface area contributed by atoms with Crippen LogP contribution >= 0.6 is 12.2 Å². The van der Waals surface area contributed by atoms with Gasteiger partial charge in [0.15, 0.2) is 10.9 Å². The van der Waals surface area contributed by atoms with Crippen LogP contribution in [0.4, 0.5) is 11.5 Å². The third kappa shape index (κ3) is 3.07. The third-order valence-corrected chi connectivity index (χ3v) is 2.72. The Hall–Kier alpha value is -1.88. The highest BCUT2D eigenvalue weighted by Gasteiger charge is 2.05.